The fourth-order valence-corrected chi connectivity index (χ4v) is 4.23. The predicted molar refractivity (Wildman–Crippen MR) is 142 cm³/mol. The molecule has 1 aliphatic heterocycles. The van der Waals surface area contributed by atoms with Gasteiger partial charge in [-0.05, 0) is 93.8 Å². The Labute approximate surface area is 203 Å². The summed E-state index contributed by atoms with van der Waals surface area (Å²) in [6.45, 7) is 17.8. The average Bonchev–Trinajstić information content (AvgIpc) is 3.18. The van der Waals surface area contributed by atoms with E-state index in [4.69, 9.17) is 0 Å². The van der Waals surface area contributed by atoms with Crippen molar-refractivity contribution in [2.75, 3.05) is 13.1 Å². The Morgan fingerprint density at radius 3 is 2.18 bits per heavy atom. The highest BCUT2D eigenvalue weighted by molar-refractivity contribution is 5.65. The van der Waals surface area contributed by atoms with Gasteiger partial charge in [-0.3, -0.25) is 10.6 Å². The van der Waals surface area contributed by atoms with Crippen LogP contribution in [0.2, 0.25) is 0 Å². The van der Waals surface area contributed by atoms with E-state index in [1.807, 2.05) is 59.7 Å². The Balaban J connectivity index is 0.00000242. The van der Waals surface area contributed by atoms with Gasteiger partial charge in [0.05, 0.1) is 24.5 Å². The molecule has 5 N–H and O–H groups in total. The highest BCUT2D eigenvalue weighted by Crippen LogP contribution is 2.30. The summed E-state index contributed by atoms with van der Waals surface area (Å²) in [6.07, 6.45) is 7.56. The van der Waals surface area contributed by atoms with E-state index in [1.165, 1.54) is 6.42 Å². The molecule has 2 unspecified atom stereocenters. The maximum atomic E-state index is 9.88. The summed E-state index contributed by atoms with van der Waals surface area (Å²) < 4.78 is 0. The summed E-state index contributed by atoms with van der Waals surface area (Å²) in [7, 11) is 0. The van der Waals surface area contributed by atoms with Gasteiger partial charge in [0.1, 0.15) is 0 Å². The van der Waals surface area contributed by atoms with Crippen molar-refractivity contribution >= 4 is 5.57 Å². The van der Waals surface area contributed by atoms with Crippen LogP contribution in [0.25, 0.3) is 5.57 Å². The van der Waals surface area contributed by atoms with Gasteiger partial charge < -0.3 is 15.3 Å². The van der Waals surface area contributed by atoms with Gasteiger partial charge in [0, 0.05) is 6.54 Å². The van der Waals surface area contributed by atoms with Crippen molar-refractivity contribution in [2.45, 2.75) is 112 Å². The van der Waals surface area contributed by atoms with E-state index >= 15 is 0 Å². The molecule has 1 aromatic carbocycles. The van der Waals surface area contributed by atoms with Crippen LogP contribution in [0.5, 0.6) is 0 Å². The van der Waals surface area contributed by atoms with Crippen molar-refractivity contribution in [3.63, 3.8) is 0 Å². The van der Waals surface area contributed by atoms with Gasteiger partial charge in [0.25, 0.3) is 0 Å². The summed E-state index contributed by atoms with van der Waals surface area (Å²) >= 11 is 0. The van der Waals surface area contributed by atoms with Crippen LogP contribution >= 0.6 is 0 Å². The second-order valence-electron chi connectivity index (χ2n) is 9.30. The number of aliphatic hydroxyl groups excluding tert-OH is 2. The molecule has 2 rings (SSSR count). The van der Waals surface area contributed by atoms with E-state index in [9.17, 15) is 15.3 Å². The van der Waals surface area contributed by atoms with Crippen LogP contribution in [0.1, 0.15) is 104 Å². The Hall–Kier alpha value is -1.24. The Kier molecular flexibility index (Phi) is 15.8. The number of unbranched alkanes of at least 4 members (excludes halogenated alkanes) is 1. The zero-order valence-corrected chi connectivity index (χ0v) is 22.6. The van der Waals surface area contributed by atoms with Gasteiger partial charge in [-0.15, -0.1) is 0 Å². The van der Waals surface area contributed by atoms with E-state index in [0.29, 0.717) is 5.92 Å². The van der Waals surface area contributed by atoms with Crippen LogP contribution in [0.4, 0.5) is 0 Å². The van der Waals surface area contributed by atoms with Crippen LogP contribution in [0, 0.1) is 5.92 Å². The van der Waals surface area contributed by atoms with Gasteiger partial charge in [0.15, 0.2) is 0 Å². The standard InChI is InChI=1S/C24H40N2O3.2C2H6/c1-18(21-14-19(16-27)13-20(15-21)17-28)8-11-25-24(4)22(9-12-26-24)7-5-6-10-23(2,3)29;2*1-2/h8,13-15,22,25-29H,5-7,9-12,16-17H2,1-4H3;2*1-2H3/b18-8+;;. The van der Waals surface area contributed by atoms with E-state index in [1.54, 1.807) is 0 Å². The quantitative estimate of drug-likeness (QED) is 0.284. The fourth-order valence-electron chi connectivity index (χ4n) is 4.23. The molecule has 0 spiro atoms. The lowest BCUT2D eigenvalue weighted by Crippen LogP contribution is -2.54. The second-order valence-corrected chi connectivity index (χ2v) is 9.30. The van der Waals surface area contributed by atoms with Crippen LogP contribution in [0.3, 0.4) is 0 Å². The smallest absolute Gasteiger partial charge is 0.0690 e. The number of nitrogens with one attached hydrogen (secondary N) is 2. The average molecular weight is 465 g/mol. The third-order valence-corrected chi connectivity index (χ3v) is 6.14. The van der Waals surface area contributed by atoms with Crippen molar-refractivity contribution in [3.05, 3.63) is 41.0 Å². The number of rotatable bonds is 11. The molecule has 33 heavy (non-hydrogen) atoms. The van der Waals surface area contributed by atoms with Crippen molar-refractivity contribution in [2.24, 2.45) is 5.92 Å². The molecule has 1 fully saturated rings. The summed E-state index contributed by atoms with van der Waals surface area (Å²) in [5, 5.41) is 36.1. The molecule has 1 saturated heterocycles. The Morgan fingerprint density at radius 1 is 1.09 bits per heavy atom. The summed E-state index contributed by atoms with van der Waals surface area (Å²) in [5.41, 5.74) is 3.17. The molecular weight excluding hydrogens is 412 g/mol. The minimum absolute atomic E-state index is 0.0243. The van der Waals surface area contributed by atoms with Crippen molar-refractivity contribution in [1.82, 2.24) is 10.6 Å². The zero-order valence-electron chi connectivity index (χ0n) is 22.6. The van der Waals surface area contributed by atoms with E-state index in [0.717, 1.165) is 61.0 Å². The van der Waals surface area contributed by atoms with Crippen LogP contribution in [-0.2, 0) is 13.2 Å². The third-order valence-electron chi connectivity index (χ3n) is 6.14. The molecular formula is C28H52N2O3. The first-order chi connectivity index (χ1) is 15.7. The molecule has 1 aromatic rings. The molecule has 0 amide bonds. The van der Waals surface area contributed by atoms with E-state index in [2.05, 4.69) is 30.6 Å². The minimum atomic E-state index is -0.568. The minimum Gasteiger partial charge on any atom is -0.392 e. The predicted octanol–water partition coefficient (Wildman–Crippen LogP) is 5.37. The number of allylic oxidation sites excluding steroid dienone is 1. The molecule has 5 heteroatoms. The molecule has 0 aliphatic carbocycles. The van der Waals surface area contributed by atoms with Crippen molar-refractivity contribution < 1.29 is 15.3 Å². The summed E-state index contributed by atoms with van der Waals surface area (Å²) in [5.74, 6) is 0.580. The second kappa shape index (κ2) is 16.4. The molecule has 1 aliphatic rings. The van der Waals surface area contributed by atoms with Gasteiger partial charge in [-0.2, -0.15) is 0 Å². The highest BCUT2D eigenvalue weighted by Gasteiger charge is 2.37. The maximum absolute atomic E-state index is 9.88. The van der Waals surface area contributed by atoms with Crippen molar-refractivity contribution in [3.8, 4) is 0 Å². The molecule has 192 valence electrons. The number of hydrogen-bond acceptors (Lipinski definition) is 5. The Morgan fingerprint density at radius 2 is 1.67 bits per heavy atom. The lowest BCUT2D eigenvalue weighted by Gasteiger charge is -2.33. The van der Waals surface area contributed by atoms with Gasteiger partial charge in [-0.1, -0.05) is 52.7 Å². The molecule has 0 radical (unpaired) electrons. The maximum Gasteiger partial charge on any atom is 0.0690 e. The monoisotopic (exact) mass is 464 g/mol. The summed E-state index contributed by atoms with van der Waals surface area (Å²) in [6, 6.07) is 5.79. The van der Waals surface area contributed by atoms with Crippen LogP contribution < -0.4 is 10.6 Å². The van der Waals surface area contributed by atoms with E-state index in [-0.39, 0.29) is 18.9 Å². The lowest BCUT2D eigenvalue weighted by molar-refractivity contribution is 0.0672. The third kappa shape index (κ3) is 11.6. The van der Waals surface area contributed by atoms with Crippen LogP contribution in [-0.4, -0.2) is 39.7 Å². The first-order valence-electron chi connectivity index (χ1n) is 12.9. The Bertz CT molecular complexity index is 660. The van der Waals surface area contributed by atoms with Crippen molar-refractivity contribution in [1.29, 1.82) is 0 Å². The normalized spacial score (nSPS) is 20.6. The lowest BCUT2D eigenvalue weighted by atomic mass is 9.88. The number of aliphatic hydroxyl groups is 3. The molecule has 5 nitrogen and oxygen atoms in total. The first-order valence-corrected chi connectivity index (χ1v) is 12.9. The van der Waals surface area contributed by atoms with Crippen LogP contribution in [0.15, 0.2) is 24.3 Å². The topological polar surface area (TPSA) is 84.8 Å². The molecule has 0 aromatic heterocycles. The number of hydrogen-bond donors (Lipinski definition) is 5. The summed E-state index contributed by atoms with van der Waals surface area (Å²) in [4.78, 5) is 0. The molecule has 2 atom stereocenters. The largest absolute Gasteiger partial charge is 0.392 e. The zero-order chi connectivity index (χ0) is 25.5. The molecule has 1 heterocycles. The van der Waals surface area contributed by atoms with Gasteiger partial charge in [-0.25, -0.2) is 0 Å². The molecule has 0 bridgehead atoms. The first kappa shape index (κ1) is 31.8. The van der Waals surface area contributed by atoms with Gasteiger partial charge >= 0.3 is 0 Å². The fraction of sp³-hybridized carbons (Fsp3) is 0.714. The number of benzene rings is 1. The van der Waals surface area contributed by atoms with E-state index < -0.39 is 5.60 Å². The SMILES string of the molecule is C/C(=C\CNC1(C)NCCC1CCCCC(C)(C)O)c1cc(CO)cc(CO)c1.CC.CC. The van der Waals surface area contributed by atoms with Gasteiger partial charge in [0.2, 0.25) is 0 Å². The molecule has 0 saturated carbocycles. The highest BCUT2D eigenvalue weighted by atomic mass is 16.3.